The van der Waals surface area contributed by atoms with Crippen molar-refractivity contribution in [2.24, 2.45) is 0 Å². The van der Waals surface area contributed by atoms with Crippen molar-refractivity contribution in [2.45, 2.75) is 37.9 Å². The number of aromatic nitrogens is 2. The van der Waals surface area contributed by atoms with E-state index in [1.165, 1.54) is 37.9 Å². The summed E-state index contributed by atoms with van der Waals surface area (Å²) in [4.78, 5) is 2.57. The second-order valence-electron chi connectivity index (χ2n) is 6.29. The van der Waals surface area contributed by atoms with E-state index in [9.17, 15) is 0 Å². The molecule has 2 fully saturated rings. The highest BCUT2D eigenvalue weighted by Crippen LogP contribution is 2.21. The Morgan fingerprint density at radius 1 is 1.10 bits per heavy atom. The molecule has 1 aromatic carbocycles. The van der Waals surface area contributed by atoms with E-state index in [1.807, 2.05) is 29.1 Å². The molecule has 0 radical (unpaired) electrons. The van der Waals surface area contributed by atoms with Crippen LogP contribution in [0.2, 0.25) is 0 Å². The summed E-state index contributed by atoms with van der Waals surface area (Å²) in [6.45, 7) is 3.38. The zero-order valence-corrected chi connectivity index (χ0v) is 12.3. The third-order valence-corrected chi connectivity index (χ3v) is 4.67. The average Bonchev–Trinajstić information content (AvgIpc) is 3.09. The van der Waals surface area contributed by atoms with Crippen molar-refractivity contribution < 1.29 is 0 Å². The molecule has 2 bridgehead atoms. The molecule has 0 amide bonds. The van der Waals surface area contributed by atoms with E-state index in [0.29, 0.717) is 6.04 Å². The van der Waals surface area contributed by atoms with Gasteiger partial charge in [0, 0.05) is 43.5 Å². The van der Waals surface area contributed by atoms with Crippen LogP contribution in [0, 0.1) is 0 Å². The molecule has 1 aromatic heterocycles. The zero-order chi connectivity index (χ0) is 14.1. The monoisotopic (exact) mass is 282 g/mol. The van der Waals surface area contributed by atoms with Gasteiger partial charge in [-0.05, 0) is 31.4 Å². The van der Waals surface area contributed by atoms with Gasteiger partial charge in [-0.1, -0.05) is 18.2 Å². The molecule has 2 atom stereocenters. The van der Waals surface area contributed by atoms with Crippen LogP contribution < -0.4 is 5.32 Å². The number of nitrogens with zero attached hydrogens (tertiary/aromatic N) is 3. The van der Waals surface area contributed by atoms with Gasteiger partial charge in [-0.15, -0.1) is 0 Å². The van der Waals surface area contributed by atoms with Crippen LogP contribution in [0.1, 0.15) is 24.8 Å². The van der Waals surface area contributed by atoms with Crippen molar-refractivity contribution in [3.05, 3.63) is 48.3 Å². The van der Waals surface area contributed by atoms with Crippen LogP contribution >= 0.6 is 0 Å². The summed E-state index contributed by atoms with van der Waals surface area (Å²) < 4.78 is 1.97. The first-order chi connectivity index (χ1) is 10.4. The highest BCUT2D eigenvalue weighted by molar-refractivity contribution is 5.30. The molecule has 3 heterocycles. The summed E-state index contributed by atoms with van der Waals surface area (Å²) in [5.41, 5.74) is 2.43. The summed E-state index contributed by atoms with van der Waals surface area (Å²) in [6.07, 6.45) is 8.15. The largest absolute Gasteiger partial charge is 0.310 e. The summed E-state index contributed by atoms with van der Waals surface area (Å²) in [5, 5.41) is 8.23. The molecule has 2 saturated heterocycles. The highest BCUT2D eigenvalue weighted by atomic mass is 15.3. The van der Waals surface area contributed by atoms with Crippen LogP contribution in [-0.2, 0) is 6.54 Å². The Labute approximate surface area is 125 Å². The lowest BCUT2D eigenvalue weighted by Gasteiger charge is -2.23. The third-order valence-electron chi connectivity index (χ3n) is 4.67. The molecule has 2 aromatic rings. The Bertz CT molecular complexity index is 592. The third kappa shape index (κ3) is 2.87. The van der Waals surface area contributed by atoms with Gasteiger partial charge in [0.25, 0.3) is 0 Å². The van der Waals surface area contributed by atoms with Gasteiger partial charge in [-0.25, -0.2) is 4.68 Å². The fraction of sp³-hybridized carbons (Fsp3) is 0.471. The molecule has 1 N–H and O–H groups in total. The molecule has 4 rings (SSSR count). The highest BCUT2D eigenvalue weighted by Gasteiger charge is 2.29. The summed E-state index contributed by atoms with van der Waals surface area (Å²) >= 11 is 0. The molecule has 4 nitrogen and oxygen atoms in total. The first-order valence-corrected chi connectivity index (χ1v) is 7.94. The van der Waals surface area contributed by atoms with E-state index in [0.717, 1.165) is 18.3 Å². The predicted molar refractivity (Wildman–Crippen MR) is 83.4 cm³/mol. The fourth-order valence-electron chi connectivity index (χ4n) is 3.58. The number of benzene rings is 1. The van der Waals surface area contributed by atoms with Gasteiger partial charge in [0.05, 0.1) is 11.9 Å². The number of hydrogen-bond donors (Lipinski definition) is 1. The van der Waals surface area contributed by atoms with Crippen LogP contribution in [0.25, 0.3) is 5.69 Å². The standard InChI is InChI=1S/C17H22N4/c1-2-4-17(5-3-1)21-12-14(10-18-21)11-20-9-8-15-6-7-16(13-20)19-15/h1-5,10,12,15-16,19H,6-9,11,13H2. The molecule has 2 aliphatic rings. The average molecular weight is 282 g/mol. The lowest BCUT2D eigenvalue weighted by atomic mass is 10.1. The maximum Gasteiger partial charge on any atom is 0.0645 e. The molecular weight excluding hydrogens is 260 g/mol. The SMILES string of the molecule is c1ccc(-n2cc(CN3CCC4CCC(C3)N4)cn2)cc1. The van der Waals surface area contributed by atoms with E-state index < -0.39 is 0 Å². The van der Waals surface area contributed by atoms with Gasteiger partial charge in [0.1, 0.15) is 0 Å². The van der Waals surface area contributed by atoms with Crippen molar-refractivity contribution in [3.63, 3.8) is 0 Å². The van der Waals surface area contributed by atoms with E-state index in [-0.39, 0.29) is 0 Å². The second-order valence-corrected chi connectivity index (χ2v) is 6.29. The van der Waals surface area contributed by atoms with Crippen LogP contribution in [0.15, 0.2) is 42.7 Å². The van der Waals surface area contributed by atoms with Gasteiger partial charge in [-0.2, -0.15) is 5.10 Å². The zero-order valence-electron chi connectivity index (χ0n) is 12.3. The molecule has 0 aliphatic carbocycles. The molecular formula is C17H22N4. The summed E-state index contributed by atoms with van der Waals surface area (Å²) in [6, 6.07) is 11.8. The minimum absolute atomic E-state index is 0.696. The maximum atomic E-state index is 4.50. The van der Waals surface area contributed by atoms with Crippen LogP contribution in [0.4, 0.5) is 0 Å². The second kappa shape index (κ2) is 5.62. The van der Waals surface area contributed by atoms with E-state index in [2.05, 4.69) is 33.6 Å². The summed E-state index contributed by atoms with van der Waals surface area (Å²) in [5.74, 6) is 0. The van der Waals surface area contributed by atoms with Gasteiger partial charge in [-0.3, -0.25) is 4.90 Å². The number of fused-ring (bicyclic) bond motifs is 2. The Hall–Kier alpha value is -1.65. The molecule has 0 saturated carbocycles. The summed E-state index contributed by atoms with van der Waals surface area (Å²) in [7, 11) is 0. The van der Waals surface area contributed by atoms with E-state index >= 15 is 0 Å². The van der Waals surface area contributed by atoms with E-state index in [1.54, 1.807) is 0 Å². The Kier molecular flexibility index (Phi) is 3.49. The van der Waals surface area contributed by atoms with Crippen molar-refractivity contribution in [1.29, 1.82) is 0 Å². The fourth-order valence-corrected chi connectivity index (χ4v) is 3.58. The van der Waals surface area contributed by atoms with Crippen molar-refractivity contribution in [1.82, 2.24) is 20.0 Å². The maximum absolute atomic E-state index is 4.50. The number of likely N-dealkylation sites (tertiary alicyclic amines) is 1. The first kappa shape index (κ1) is 13.0. The van der Waals surface area contributed by atoms with Crippen LogP contribution in [0.3, 0.4) is 0 Å². The minimum atomic E-state index is 0.696. The number of para-hydroxylation sites is 1. The van der Waals surface area contributed by atoms with E-state index in [4.69, 9.17) is 0 Å². The quantitative estimate of drug-likeness (QED) is 0.937. The Morgan fingerprint density at radius 2 is 1.95 bits per heavy atom. The number of nitrogens with one attached hydrogen (secondary N) is 1. The van der Waals surface area contributed by atoms with Gasteiger partial charge < -0.3 is 5.32 Å². The molecule has 21 heavy (non-hydrogen) atoms. The van der Waals surface area contributed by atoms with Gasteiger partial charge in [0.2, 0.25) is 0 Å². The number of hydrogen-bond acceptors (Lipinski definition) is 3. The lowest BCUT2D eigenvalue weighted by Crippen LogP contribution is -2.34. The smallest absolute Gasteiger partial charge is 0.0645 e. The topological polar surface area (TPSA) is 33.1 Å². The molecule has 0 spiro atoms. The Balaban J connectivity index is 1.44. The van der Waals surface area contributed by atoms with Crippen LogP contribution in [0.5, 0.6) is 0 Å². The van der Waals surface area contributed by atoms with Gasteiger partial charge in [0.15, 0.2) is 0 Å². The first-order valence-electron chi connectivity index (χ1n) is 7.94. The minimum Gasteiger partial charge on any atom is -0.310 e. The van der Waals surface area contributed by atoms with Crippen molar-refractivity contribution in [3.8, 4) is 5.69 Å². The molecule has 2 aliphatic heterocycles. The Morgan fingerprint density at radius 3 is 2.86 bits per heavy atom. The van der Waals surface area contributed by atoms with Crippen LogP contribution in [-0.4, -0.2) is 39.9 Å². The lowest BCUT2D eigenvalue weighted by molar-refractivity contribution is 0.251. The van der Waals surface area contributed by atoms with Gasteiger partial charge >= 0.3 is 0 Å². The predicted octanol–water partition coefficient (Wildman–Crippen LogP) is 2.20. The van der Waals surface area contributed by atoms with Crippen molar-refractivity contribution in [2.75, 3.05) is 13.1 Å². The normalized spacial score (nSPS) is 25.9. The molecule has 110 valence electrons. The van der Waals surface area contributed by atoms with Crippen molar-refractivity contribution >= 4 is 0 Å². The number of rotatable bonds is 3. The molecule has 2 unspecified atom stereocenters. The molecule has 4 heteroatoms.